The molecule has 0 fully saturated rings. The van der Waals surface area contributed by atoms with Gasteiger partial charge in [-0.3, -0.25) is 4.79 Å². The molecule has 1 aromatic carbocycles. The van der Waals surface area contributed by atoms with Crippen LogP contribution in [0.15, 0.2) is 30.3 Å². The quantitative estimate of drug-likeness (QED) is 0.642. The van der Waals surface area contributed by atoms with Crippen molar-refractivity contribution < 1.29 is 4.79 Å². The highest BCUT2D eigenvalue weighted by atomic mass is 16.2. The summed E-state index contributed by atoms with van der Waals surface area (Å²) in [6.07, 6.45) is 5.59. The van der Waals surface area contributed by atoms with E-state index in [4.69, 9.17) is 0 Å². The summed E-state index contributed by atoms with van der Waals surface area (Å²) in [6.45, 7) is 15.1. The van der Waals surface area contributed by atoms with Crippen LogP contribution in [0.4, 0.5) is 0 Å². The Morgan fingerprint density at radius 1 is 1.04 bits per heavy atom. The van der Waals surface area contributed by atoms with E-state index in [0.29, 0.717) is 0 Å². The molecule has 0 saturated carbocycles. The Balaban J connectivity index is 2.87. The first kappa shape index (κ1) is 19.5. The minimum atomic E-state index is 0.105. The second-order valence-corrected chi connectivity index (χ2v) is 7.47. The van der Waals surface area contributed by atoms with Gasteiger partial charge in [-0.2, -0.15) is 0 Å². The van der Waals surface area contributed by atoms with Crippen molar-refractivity contribution in [1.29, 1.82) is 0 Å². The molecular formula is C21H33NO. The summed E-state index contributed by atoms with van der Waals surface area (Å²) in [6, 6.07) is 8.99. The zero-order valence-electron chi connectivity index (χ0n) is 15.9. The van der Waals surface area contributed by atoms with Gasteiger partial charge >= 0.3 is 0 Å². The summed E-state index contributed by atoms with van der Waals surface area (Å²) in [5, 5.41) is 0. The topological polar surface area (TPSA) is 20.3 Å². The van der Waals surface area contributed by atoms with Crippen molar-refractivity contribution in [2.45, 2.75) is 78.8 Å². The molecule has 0 aliphatic heterocycles. The molecule has 0 spiro atoms. The first-order chi connectivity index (χ1) is 10.7. The molecule has 0 N–H and O–H groups in total. The van der Waals surface area contributed by atoms with Gasteiger partial charge in [0.25, 0.3) is 0 Å². The summed E-state index contributed by atoms with van der Waals surface area (Å²) in [5.74, 6) is 0.105. The van der Waals surface area contributed by atoms with Crippen LogP contribution in [-0.2, 0) is 10.2 Å². The number of carbonyl (C=O) groups excluding carboxylic acids is 1. The molecular weight excluding hydrogens is 282 g/mol. The van der Waals surface area contributed by atoms with Gasteiger partial charge in [-0.25, -0.2) is 0 Å². The Kier molecular flexibility index (Phi) is 7.05. The van der Waals surface area contributed by atoms with Gasteiger partial charge in [-0.15, -0.1) is 0 Å². The summed E-state index contributed by atoms with van der Waals surface area (Å²) in [4.78, 5) is 14.6. The molecule has 0 aliphatic carbocycles. The zero-order valence-corrected chi connectivity index (χ0v) is 15.9. The van der Waals surface area contributed by atoms with Gasteiger partial charge in [0.15, 0.2) is 0 Å². The third-order valence-corrected chi connectivity index (χ3v) is 4.58. The van der Waals surface area contributed by atoms with Crippen LogP contribution in [0.25, 0.3) is 6.08 Å². The van der Waals surface area contributed by atoms with Gasteiger partial charge in [0.1, 0.15) is 0 Å². The van der Waals surface area contributed by atoms with Crippen molar-refractivity contribution in [3.8, 4) is 0 Å². The Morgan fingerprint density at radius 3 is 1.91 bits per heavy atom. The van der Waals surface area contributed by atoms with Crippen LogP contribution in [0, 0.1) is 0 Å². The minimum Gasteiger partial charge on any atom is -0.334 e. The fourth-order valence-corrected chi connectivity index (χ4v) is 2.61. The molecule has 2 nitrogen and oxygen atoms in total. The second-order valence-electron chi connectivity index (χ2n) is 7.47. The molecule has 0 aromatic heterocycles. The van der Waals surface area contributed by atoms with Gasteiger partial charge < -0.3 is 4.90 Å². The second kappa shape index (κ2) is 8.33. The molecule has 0 aliphatic rings. The van der Waals surface area contributed by atoms with Gasteiger partial charge in [0.2, 0.25) is 5.91 Å². The van der Waals surface area contributed by atoms with Crippen molar-refractivity contribution >= 4 is 12.0 Å². The summed E-state index contributed by atoms with van der Waals surface area (Å²) in [7, 11) is 0. The van der Waals surface area contributed by atoms with E-state index < -0.39 is 0 Å². The third-order valence-electron chi connectivity index (χ3n) is 4.58. The fraction of sp³-hybridized carbons (Fsp3) is 0.571. The van der Waals surface area contributed by atoms with Crippen LogP contribution in [0.3, 0.4) is 0 Å². The number of nitrogens with zero attached hydrogens (tertiary/aromatic N) is 1. The highest BCUT2D eigenvalue weighted by Gasteiger charge is 2.21. The molecule has 2 heteroatoms. The van der Waals surface area contributed by atoms with Gasteiger partial charge in [0.05, 0.1) is 0 Å². The Morgan fingerprint density at radius 2 is 1.52 bits per heavy atom. The first-order valence-corrected chi connectivity index (χ1v) is 8.81. The first-order valence-electron chi connectivity index (χ1n) is 8.81. The van der Waals surface area contributed by atoms with Crippen LogP contribution in [0.2, 0.25) is 0 Å². The number of carbonyl (C=O) groups is 1. The molecule has 2 atom stereocenters. The van der Waals surface area contributed by atoms with E-state index in [1.54, 1.807) is 6.08 Å². The van der Waals surface area contributed by atoms with Crippen molar-refractivity contribution in [1.82, 2.24) is 4.90 Å². The molecule has 2 unspecified atom stereocenters. The highest BCUT2D eigenvalue weighted by Crippen LogP contribution is 2.22. The number of hydrogen-bond acceptors (Lipinski definition) is 1. The average molecular weight is 316 g/mol. The van der Waals surface area contributed by atoms with Gasteiger partial charge in [0, 0.05) is 18.2 Å². The maximum absolute atomic E-state index is 12.6. The SMILES string of the molecule is CCC(C)N(C(=O)C=Cc1ccc(C(C)(C)C)cc1)C(C)CC. The molecule has 0 heterocycles. The lowest BCUT2D eigenvalue weighted by molar-refractivity contribution is -0.130. The standard InChI is InChI=1S/C21H33NO/c1-8-16(3)22(17(4)9-2)20(23)15-12-18-10-13-19(14-11-18)21(5,6)7/h10-17H,8-9H2,1-7H3. The summed E-state index contributed by atoms with van der Waals surface area (Å²) < 4.78 is 0. The lowest BCUT2D eigenvalue weighted by Crippen LogP contribution is -2.43. The minimum absolute atomic E-state index is 0.105. The highest BCUT2D eigenvalue weighted by molar-refractivity contribution is 5.92. The number of benzene rings is 1. The smallest absolute Gasteiger partial charge is 0.247 e. The van der Waals surface area contributed by atoms with E-state index in [-0.39, 0.29) is 23.4 Å². The van der Waals surface area contributed by atoms with Crippen molar-refractivity contribution in [2.24, 2.45) is 0 Å². The fourth-order valence-electron chi connectivity index (χ4n) is 2.61. The monoisotopic (exact) mass is 315 g/mol. The Hall–Kier alpha value is -1.57. The lowest BCUT2D eigenvalue weighted by Gasteiger charge is -2.33. The average Bonchev–Trinajstić information content (AvgIpc) is 2.52. The molecule has 23 heavy (non-hydrogen) atoms. The largest absolute Gasteiger partial charge is 0.334 e. The van der Waals surface area contributed by atoms with Crippen LogP contribution < -0.4 is 0 Å². The maximum atomic E-state index is 12.6. The summed E-state index contributed by atoms with van der Waals surface area (Å²) >= 11 is 0. The van der Waals surface area contributed by atoms with Crippen LogP contribution in [0.1, 0.15) is 72.4 Å². The Labute approximate surface area is 142 Å². The number of hydrogen-bond donors (Lipinski definition) is 0. The zero-order chi connectivity index (χ0) is 17.6. The van der Waals surface area contributed by atoms with E-state index in [1.165, 1.54) is 5.56 Å². The lowest BCUT2D eigenvalue weighted by atomic mass is 9.87. The van der Waals surface area contributed by atoms with E-state index in [2.05, 4.69) is 72.7 Å². The third kappa shape index (κ3) is 5.53. The number of amides is 1. The van der Waals surface area contributed by atoms with Gasteiger partial charge in [-0.1, -0.05) is 58.9 Å². The molecule has 128 valence electrons. The molecule has 1 rings (SSSR count). The predicted molar refractivity (Wildman–Crippen MR) is 101 cm³/mol. The molecule has 1 amide bonds. The molecule has 0 saturated heterocycles. The van der Waals surface area contributed by atoms with Crippen LogP contribution >= 0.6 is 0 Å². The molecule has 1 aromatic rings. The van der Waals surface area contributed by atoms with E-state index in [0.717, 1.165) is 18.4 Å². The van der Waals surface area contributed by atoms with E-state index in [1.807, 2.05) is 11.0 Å². The summed E-state index contributed by atoms with van der Waals surface area (Å²) in [5.41, 5.74) is 2.53. The van der Waals surface area contributed by atoms with Crippen LogP contribution in [0.5, 0.6) is 0 Å². The Bertz CT molecular complexity index is 512. The molecule has 0 radical (unpaired) electrons. The van der Waals surface area contributed by atoms with Crippen molar-refractivity contribution in [2.75, 3.05) is 0 Å². The van der Waals surface area contributed by atoms with Crippen molar-refractivity contribution in [3.63, 3.8) is 0 Å². The van der Waals surface area contributed by atoms with Crippen LogP contribution in [-0.4, -0.2) is 22.9 Å². The maximum Gasteiger partial charge on any atom is 0.247 e. The number of rotatable bonds is 6. The van der Waals surface area contributed by atoms with Crippen molar-refractivity contribution in [3.05, 3.63) is 41.5 Å². The van der Waals surface area contributed by atoms with Gasteiger partial charge in [-0.05, 0) is 49.3 Å². The van der Waals surface area contributed by atoms with E-state index in [9.17, 15) is 4.79 Å². The van der Waals surface area contributed by atoms with E-state index >= 15 is 0 Å². The molecule has 0 bridgehead atoms. The predicted octanol–water partition coefficient (Wildman–Crippen LogP) is 5.42. The normalized spacial score (nSPS) is 14.7.